The summed E-state index contributed by atoms with van der Waals surface area (Å²) in [5.41, 5.74) is 3.20. The van der Waals surface area contributed by atoms with Gasteiger partial charge in [0.1, 0.15) is 12.4 Å². The number of aromatic nitrogens is 4. The van der Waals surface area contributed by atoms with Crippen LogP contribution in [0.25, 0.3) is 16.7 Å². The Morgan fingerprint density at radius 3 is 2.68 bits per heavy atom. The number of nitrogens with zero attached hydrogens (tertiary/aromatic N) is 6. The van der Waals surface area contributed by atoms with Gasteiger partial charge in [0.2, 0.25) is 0 Å². The van der Waals surface area contributed by atoms with Crippen molar-refractivity contribution >= 4 is 16.7 Å². The van der Waals surface area contributed by atoms with Crippen LogP contribution in [0, 0.1) is 5.41 Å². The van der Waals surface area contributed by atoms with E-state index in [0.29, 0.717) is 29.9 Å². The van der Waals surface area contributed by atoms with Gasteiger partial charge in [0.15, 0.2) is 11.6 Å². The quantitative estimate of drug-likeness (QED) is 0.560. The van der Waals surface area contributed by atoms with Gasteiger partial charge in [0, 0.05) is 44.2 Å². The molecule has 1 spiro atoms. The van der Waals surface area contributed by atoms with Crippen LogP contribution >= 0.6 is 0 Å². The zero-order valence-electron chi connectivity index (χ0n) is 20.0. The minimum atomic E-state index is 0.380. The van der Waals surface area contributed by atoms with Crippen molar-refractivity contribution in [1.29, 1.82) is 0 Å². The molecule has 2 saturated heterocycles. The average molecular weight is 461 g/mol. The van der Waals surface area contributed by atoms with E-state index >= 15 is 0 Å². The summed E-state index contributed by atoms with van der Waals surface area (Å²) in [7, 11) is 1.69. The molecule has 4 aliphatic rings. The highest BCUT2D eigenvalue weighted by molar-refractivity contribution is 5.81. The summed E-state index contributed by atoms with van der Waals surface area (Å²) in [6.07, 6.45) is 6.08. The zero-order valence-corrected chi connectivity index (χ0v) is 20.0. The molecule has 1 aromatic carbocycles. The molecule has 2 saturated carbocycles. The fraction of sp³-hybridized carbons (Fsp3) is 0.577. The van der Waals surface area contributed by atoms with Gasteiger partial charge in [-0.1, -0.05) is 12.1 Å². The van der Waals surface area contributed by atoms with E-state index in [4.69, 9.17) is 24.5 Å². The van der Waals surface area contributed by atoms with E-state index in [9.17, 15) is 0 Å². The third-order valence-electron chi connectivity index (χ3n) is 8.41. The Hall–Kier alpha value is -2.55. The van der Waals surface area contributed by atoms with Crippen LogP contribution in [0.1, 0.15) is 43.5 Å². The summed E-state index contributed by atoms with van der Waals surface area (Å²) in [6.45, 7) is 7.29. The maximum absolute atomic E-state index is 5.43. The highest BCUT2D eigenvalue weighted by Crippen LogP contribution is 2.75. The second-order valence-electron chi connectivity index (χ2n) is 10.7. The SMILES string of the molecule is COCc1nc(N2CCN(C3COC3)[C@H](C)C2)cc(-n2ncc3ccc([C@@H]4CC45CC5)cc32)n1. The first-order valence-corrected chi connectivity index (χ1v) is 12.6. The molecule has 2 aliphatic heterocycles. The standard InChI is InChI=1S/C26H32N6O2/c1-17-13-30(7-8-31(17)20-14-34-15-20)24-10-25(29-23(28-24)16-33-2)32-22-9-18(3-4-19(22)12-27-32)21-11-26(21)5-6-26/h3-4,9-10,12,17,20-21H,5-8,11,13-16H2,1-2H3/t17-,21+/m1/s1. The number of ether oxygens (including phenoxy) is 2. The fourth-order valence-electron chi connectivity index (χ4n) is 6.04. The maximum atomic E-state index is 5.43. The molecule has 3 aromatic rings. The smallest absolute Gasteiger partial charge is 0.159 e. The van der Waals surface area contributed by atoms with Gasteiger partial charge in [0.05, 0.1) is 31.0 Å². The lowest BCUT2D eigenvalue weighted by Gasteiger charge is -2.46. The van der Waals surface area contributed by atoms with E-state index in [1.54, 1.807) is 7.11 Å². The molecular formula is C26H32N6O2. The first-order chi connectivity index (χ1) is 16.6. The van der Waals surface area contributed by atoms with Crippen molar-refractivity contribution in [3.8, 4) is 5.82 Å². The highest BCUT2D eigenvalue weighted by Gasteiger charge is 2.62. The Bertz CT molecular complexity index is 1230. The van der Waals surface area contributed by atoms with E-state index in [0.717, 1.165) is 61.3 Å². The van der Waals surface area contributed by atoms with Gasteiger partial charge in [-0.3, -0.25) is 4.90 Å². The van der Waals surface area contributed by atoms with Crippen LogP contribution in [-0.4, -0.2) is 76.7 Å². The second kappa shape index (κ2) is 7.73. The third kappa shape index (κ3) is 3.42. The predicted molar refractivity (Wildman–Crippen MR) is 129 cm³/mol. The molecule has 8 heteroatoms. The van der Waals surface area contributed by atoms with Gasteiger partial charge in [-0.15, -0.1) is 0 Å². The van der Waals surface area contributed by atoms with Gasteiger partial charge in [0.25, 0.3) is 0 Å². The Labute approximate surface area is 199 Å². The number of hydrogen-bond acceptors (Lipinski definition) is 7. The summed E-state index contributed by atoms with van der Waals surface area (Å²) in [5.74, 6) is 3.18. The molecule has 8 nitrogen and oxygen atoms in total. The van der Waals surface area contributed by atoms with Crippen molar-refractivity contribution in [3.63, 3.8) is 0 Å². The van der Waals surface area contributed by atoms with Gasteiger partial charge in [-0.05, 0) is 49.1 Å². The molecule has 0 bridgehead atoms. The van der Waals surface area contributed by atoms with Crippen LogP contribution < -0.4 is 4.90 Å². The zero-order chi connectivity index (χ0) is 22.9. The average Bonchev–Trinajstić information content (AvgIpc) is 3.70. The molecule has 4 heterocycles. The normalized spacial score (nSPS) is 26.2. The van der Waals surface area contributed by atoms with Crippen LogP contribution in [0.2, 0.25) is 0 Å². The van der Waals surface area contributed by atoms with Crippen LogP contribution in [-0.2, 0) is 16.1 Å². The lowest BCUT2D eigenvalue weighted by Crippen LogP contribution is -2.60. The third-order valence-corrected chi connectivity index (χ3v) is 8.41. The lowest BCUT2D eigenvalue weighted by atomic mass is 10.1. The molecule has 0 N–H and O–H groups in total. The van der Waals surface area contributed by atoms with Crippen molar-refractivity contribution in [2.24, 2.45) is 5.41 Å². The van der Waals surface area contributed by atoms with E-state index < -0.39 is 0 Å². The van der Waals surface area contributed by atoms with Gasteiger partial charge >= 0.3 is 0 Å². The van der Waals surface area contributed by atoms with Crippen molar-refractivity contribution in [1.82, 2.24) is 24.6 Å². The molecule has 2 aromatic heterocycles. The first-order valence-electron chi connectivity index (χ1n) is 12.6. The predicted octanol–water partition coefficient (Wildman–Crippen LogP) is 3.14. The lowest BCUT2D eigenvalue weighted by molar-refractivity contribution is -0.0793. The summed E-state index contributed by atoms with van der Waals surface area (Å²) in [4.78, 5) is 14.7. The monoisotopic (exact) mass is 460 g/mol. The fourth-order valence-corrected chi connectivity index (χ4v) is 6.04. The molecule has 2 atom stereocenters. The van der Waals surface area contributed by atoms with Crippen LogP contribution in [0.3, 0.4) is 0 Å². The number of anilines is 1. The summed E-state index contributed by atoms with van der Waals surface area (Å²) >= 11 is 0. The first kappa shape index (κ1) is 20.8. The number of rotatable bonds is 6. The van der Waals surface area contributed by atoms with Crippen LogP contribution in [0.5, 0.6) is 0 Å². The van der Waals surface area contributed by atoms with Crippen LogP contribution in [0.4, 0.5) is 5.82 Å². The molecule has 7 rings (SSSR count). The molecular weight excluding hydrogens is 428 g/mol. The summed E-state index contributed by atoms with van der Waals surface area (Å²) in [6, 6.07) is 9.95. The van der Waals surface area contributed by atoms with Crippen LogP contribution in [0.15, 0.2) is 30.5 Å². The Kier molecular flexibility index (Phi) is 4.73. The number of fused-ring (bicyclic) bond motifs is 1. The van der Waals surface area contributed by atoms with Crippen molar-refractivity contribution in [3.05, 3.63) is 41.9 Å². The second-order valence-corrected chi connectivity index (χ2v) is 10.7. The molecule has 178 valence electrons. The molecule has 0 amide bonds. The van der Waals surface area contributed by atoms with Crippen molar-refractivity contribution in [2.75, 3.05) is 44.9 Å². The molecule has 4 fully saturated rings. The van der Waals surface area contributed by atoms with E-state index in [-0.39, 0.29) is 0 Å². The largest absolute Gasteiger partial charge is 0.378 e. The highest BCUT2D eigenvalue weighted by atomic mass is 16.5. The van der Waals surface area contributed by atoms with E-state index in [2.05, 4.69) is 41.0 Å². The topological polar surface area (TPSA) is 68.5 Å². The van der Waals surface area contributed by atoms with E-state index in [1.807, 2.05) is 10.9 Å². The van der Waals surface area contributed by atoms with Crippen molar-refractivity contribution < 1.29 is 9.47 Å². The van der Waals surface area contributed by atoms with Gasteiger partial charge in [-0.2, -0.15) is 5.10 Å². The Morgan fingerprint density at radius 1 is 1.12 bits per heavy atom. The minimum Gasteiger partial charge on any atom is -0.378 e. The van der Waals surface area contributed by atoms with Gasteiger partial charge in [-0.25, -0.2) is 14.6 Å². The Balaban J connectivity index is 1.22. The van der Waals surface area contributed by atoms with Crippen molar-refractivity contribution in [2.45, 2.75) is 50.8 Å². The number of piperazine rings is 1. The minimum absolute atomic E-state index is 0.380. The summed E-state index contributed by atoms with van der Waals surface area (Å²) < 4.78 is 12.8. The number of hydrogen-bond donors (Lipinski definition) is 0. The molecule has 34 heavy (non-hydrogen) atoms. The number of benzene rings is 1. The Morgan fingerprint density at radius 2 is 1.97 bits per heavy atom. The summed E-state index contributed by atoms with van der Waals surface area (Å²) in [5, 5.41) is 5.89. The number of methoxy groups -OCH3 is 1. The van der Waals surface area contributed by atoms with E-state index in [1.165, 1.54) is 24.8 Å². The maximum Gasteiger partial charge on any atom is 0.159 e. The van der Waals surface area contributed by atoms with Gasteiger partial charge < -0.3 is 14.4 Å². The molecule has 2 aliphatic carbocycles. The molecule has 0 radical (unpaired) electrons. The molecule has 0 unspecified atom stereocenters.